The summed E-state index contributed by atoms with van der Waals surface area (Å²) in [6.45, 7) is 2.24. The van der Waals surface area contributed by atoms with Crippen LogP contribution in [0.5, 0.6) is 5.88 Å². The summed E-state index contributed by atoms with van der Waals surface area (Å²) in [5.74, 6) is 0.322. The first-order chi connectivity index (χ1) is 10.4. The molecule has 0 unspecified atom stereocenters. The smallest absolute Gasteiger partial charge is 0.418 e. The molecule has 0 fully saturated rings. The van der Waals surface area contributed by atoms with E-state index in [1.807, 2.05) is 0 Å². The molecule has 1 aromatic heterocycles. The topological polar surface area (TPSA) is 53.1 Å². The van der Waals surface area contributed by atoms with Crippen molar-refractivity contribution in [2.75, 3.05) is 13.7 Å². The van der Waals surface area contributed by atoms with E-state index in [-0.39, 0.29) is 5.69 Å². The van der Waals surface area contributed by atoms with Crippen molar-refractivity contribution in [3.63, 3.8) is 0 Å². The molecule has 22 heavy (non-hydrogen) atoms. The van der Waals surface area contributed by atoms with Crippen LogP contribution in [0.15, 0.2) is 24.3 Å². The number of para-hydroxylation sites is 1. The molecule has 0 saturated heterocycles. The van der Waals surface area contributed by atoms with Gasteiger partial charge in [0.25, 0.3) is 0 Å². The SMILES string of the molecule is COc1c(CCCN)c(C)nn1-c1ccccc1C(F)(F)F. The minimum absolute atomic E-state index is 0.0473. The first-order valence-corrected chi connectivity index (χ1v) is 6.89. The minimum Gasteiger partial charge on any atom is -0.481 e. The fourth-order valence-electron chi connectivity index (χ4n) is 2.38. The van der Waals surface area contributed by atoms with E-state index in [1.165, 1.54) is 23.9 Å². The molecule has 0 amide bonds. The van der Waals surface area contributed by atoms with Crippen LogP contribution in [0, 0.1) is 6.92 Å². The zero-order valence-corrected chi connectivity index (χ0v) is 12.4. The Labute approximate surface area is 126 Å². The van der Waals surface area contributed by atoms with Crippen molar-refractivity contribution in [2.24, 2.45) is 5.73 Å². The van der Waals surface area contributed by atoms with Gasteiger partial charge in [-0.3, -0.25) is 0 Å². The van der Waals surface area contributed by atoms with E-state index in [2.05, 4.69) is 5.10 Å². The van der Waals surface area contributed by atoms with Crippen molar-refractivity contribution < 1.29 is 17.9 Å². The van der Waals surface area contributed by atoms with Crippen molar-refractivity contribution in [3.05, 3.63) is 41.1 Å². The number of alkyl halides is 3. The molecule has 120 valence electrons. The van der Waals surface area contributed by atoms with Gasteiger partial charge in [-0.05, 0) is 38.4 Å². The summed E-state index contributed by atoms with van der Waals surface area (Å²) in [6, 6.07) is 5.31. The maximum absolute atomic E-state index is 13.2. The Kier molecular flexibility index (Phi) is 4.75. The summed E-state index contributed by atoms with van der Waals surface area (Å²) in [5.41, 5.74) is 6.13. The van der Waals surface area contributed by atoms with Crippen LogP contribution in [0.4, 0.5) is 13.2 Å². The summed E-state index contributed by atoms with van der Waals surface area (Å²) in [7, 11) is 1.43. The van der Waals surface area contributed by atoms with Crippen LogP contribution in [0.1, 0.15) is 23.2 Å². The fourth-order valence-corrected chi connectivity index (χ4v) is 2.38. The summed E-state index contributed by atoms with van der Waals surface area (Å²) in [5, 5.41) is 4.23. The van der Waals surface area contributed by atoms with Crippen molar-refractivity contribution in [1.29, 1.82) is 0 Å². The van der Waals surface area contributed by atoms with E-state index in [1.54, 1.807) is 13.0 Å². The highest BCUT2D eigenvalue weighted by atomic mass is 19.4. The molecule has 0 radical (unpaired) electrons. The maximum Gasteiger partial charge on any atom is 0.418 e. The number of nitrogens with two attached hydrogens (primary N) is 1. The zero-order valence-electron chi connectivity index (χ0n) is 12.4. The van der Waals surface area contributed by atoms with Gasteiger partial charge < -0.3 is 10.5 Å². The Bertz CT molecular complexity index is 650. The molecule has 0 bridgehead atoms. The lowest BCUT2D eigenvalue weighted by Gasteiger charge is -2.14. The molecular weight excluding hydrogens is 295 g/mol. The number of methoxy groups -OCH3 is 1. The molecule has 1 aromatic carbocycles. The van der Waals surface area contributed by atoms with Gasteiger partial charge in [0, 0.05) is 5.56 Å². The Morgan fingerprint density at radius 3 is 2.55 bits per heavy atom. The van der Waals surface area contributed by atoms with Gasteiger partial charge >= 0.3 is 6.18 Å². The average molecular weight is 313 g/mol. The van der Waals surface area contributed by atoms with E-state index in [4.69, 9.17) is 10.5 Å². The molecule has 1 heterocycles. The third kappa shape index (κ3) is 3.09. The summed E-state index contributed by atoms with van der Waals surface area (Å²) >= 11 is 0. The van der Waals surface area contributed by atoms with Gasteiger partial charge in [0.05, 0.1) is 24.1 Å². The van der Waals surface area contributed by atoms with E-state index in [9.17, 15) is 13.2 Å². The molecule has 0 saturated carbocycles. The third-order valence-corrected chi connectivity index (χ3v) is 3.40. The number of aryl methyl sites for hydroxylation is 1. The van der Waals surface area contributed by atoms with Gasteiger partial charge in [0.1, 0.15) is 0 Å². The molecule has 0 aliphatic heterocycles. The van der Waals surface area contributed by atoms with Crippen LogP contribution in [-0.2, 0) is 12.6 Å². The number of hydrogen-bond donors (Lipinski definition) is 1. The molecule has 0 aliphatic carbocycles. The zero-order chi connectivity index (χ0) is 16.3. The first kappa shape index (κ1) is 16.4. The number of benzene rings is 1. The molecule has 0 spiro atoms. The van der Waals surface area contributed by atoms with Crippen LogP contribution in [0.2, 0.25) is 0 Å². The highest BCUT2D eigenvalue weighted by molar-refractivity contribution is 5.47. The molecular formula is C15H18F3N3O. The quantitative estimate of drug-likeness (QED) is 0.923. The predicted molar refractivity (Wildman–Crippen MR) is 77.2 cm³/mol. The number of rotatable bonds is 5. The molecule has 2 rings (SSSR count). The lowest BCUT2D eigenvalue weighted by molar-refractivity contribution is -0.137. The van der Waals surface area contributed by atoms with Crippen LogP contribution >= 0.6 is 0 Å². The van der Waals surface area contributed by atoms with Gasteiger partial charge in [-0.25, -0.2) is 0 Å². The highest BCUT2D eigenvalue weighted by Gasteiger charge is 2.35. The van der Waals surface area contributed by atoms with E-state index in [0.29, 0.717) is 31.0 Å². The Morgan fingerprint density at radius 2 is 1.95 bits per heavy atom. The highest BCUT2D eigenvalue weighted by Crippen LogP contribution is 2.36. The number of hydrogen-bond acceptors (Lipinski definition) is 3. The van der Waals surface area contributed by atoms with E-state index >= 15 is 0 Å². The molecule has 7 heteroatoms. The monoisotopic (exact) mass is 313 g/mol. The Hall–Kier alpha value is -2.02. The molecule has 0 aliphatic rings. The largest absolute Gasteiger partial charge is 0.481 e. The van der Waals surface area contributed by atoms with Crippen molar-refractivity contribution in [2.45, 2.75) is 25.9 Å². The normalized spacial score (nSPS) is 11.7. The van der Waals surface area contributed by atoms with Crippen molar-refractivity contribution in [3.8, 4) is 11.6 Å². The second-order valence-corrected chi connectivity index (χ2v) is 4.89. The van der Waals surface area contributed by atoms with Gasteiger partial charge in [-0.15, -0.1) is 0 Å². The van der Waals surface area contributed by atoms with Gasteiger partial charge in [-0.2, -0.15) is 23.0 Å². The summed E-state index contributed by atoms with van der Waals surface area (Å²) in [6.07, 6.45) is -3.14. The van der Waals surface area contributed by atoms with Gasteiger partial charge in [0.2, 0.25) is 5.88 Å². The molecule has 2 N–H and O–H groups in total. The summed E-state index contributed by atoms with van der Waals surface area (Å²) < 4.78 is 46.1. The Balaban J connectivity index is 2.59. The third-order valence-electron chi connectivity index (χ3n) is 3.40. The molecule has 4 nitrogen and oxygen atoms in total. The first-order valence-electron chi connectivity index (χ1n) is 6.89. The van der Waals surface area contributed by atoms with Crippen molar-refractivity contribution in [1.82, 2.24) is 9.78 Å². The number of ether oxygens (including phenoxy) is 1. The van der Waals surface area contributed by atoms with Crippen LogP contribution in [0.3, 0.4) is 0 Å². The number of nitrogens with zero attached hydrogens (tertiary/aromatic N) is 2. The predicted octanol–water partition coefficient (Wildman–Crippen LogP) is 3.10. The van der Waals surface area contributed by atoms with E-state index in [0.717, 1.165) is 11.6 Å². The average Bonchev–Trinajstić information content (AvgIpc) is 2.80. The fraction of sp³-hybridized carbons (Fsp3) is 0.400. The van der Waals surface area contributed by atoms with Crippen LogP contribution in [-0.4, -0.2) is 23.4 Å². The summed E-state index contributed by atoms with van der Waals surface area (Å²) in [4.78, 5) is 0. The Morgan fingerprint density at radius 1 is 1.27 bits per heavy atom. The number of aromatic nitrogens is 2. The lowest BCUT2D eigenvalue weighted by Crippen LogP contribution is -2.12. The standard InChI is InChI=1S/C15H18F3N3O/c1-10-11(6-5-9-19)14(22-2)21(20-10)13-8-4-3-7-12(13)15(16,17)18/h3-4,7-8H,5-6,9,19H2,1-2H3. The second-order valence-electron chi connectivity index (χ2n) is 4.89. The maximum atomic E-state index is 13.2. The van der Waals surface area contributed by atoms with E-state index < -0.39 is 11.7 Å². The number of halogens is 3. The molecule has 0 atom stereocenters. The second kappa shape index (κ2) is 6.39. The van der Waals surface area contributed by atoms with Gasteiger partial charge in [0.15, 0.2) is 0 Å². The lowest BCUT2D eigenvalue weighted by atomic mass is 10.1. The van der Waals surface area contributed by atoms with Crippen molar-refractivity contribution >= 4 is 0 Å². The molecule has 2 aromatic rings. The van der Waals surface area contributed by atoms with Crippen LogP contribution < -0.4 is 10.5 Å². The minimum atomic E-state index is -4.46. The van der Waals surface area contributed by atoms with Crippen LogP contribution in [0.25, 0.3) is 5.69 Å². The van der Waals surface area contributed by atoms with Gasteiger partial charge in [-0.1, -0.05) is 12.1 Å².